The fraction of sp³-hybridized carbons (Fsp3) is 0.625. The lowest BCUT2D eigenvalue weighted by molar-refractivity contribution is 0.173. The second kappa shape index (κ2) is 7.39. The van der Waals surface area contributed by atoms with Gasteiger partial charge in [-0.15, -0.1) is 0 Å². The van der Waals surface area contributed by atoms with E-state index >= 15 is 0 Å². The molecule has 3 nitrogen and oxygen atoms in total. The van der Waals surface area contributed by atoms with Crippen molar-refractivity contribution in [3.8, 4) is 11.5 Å². The molecule has 0 aliphatic rings. The zero-order valence-corrected chi connectivity index (χ0v) is 12.8. The summed E-state index contributed by atoms with van der Waals surface area (Å²) in [6, 6.07) is 8.30. The highest BCUT2D eigenvalue weighted by Gasteiger charge is 2.19. The zero-order chi connectivity index (χ0) is 14.3. The van der Waals surface area contributed by atoms with E-state index in [1.807, 2.05) is 31.2 Å². The fourth-order valence-electron chi connectivity index (χ4n) is 1.61. The first-order valence-corrected chi connectivity index (χ1v) is 7.02. The van der Waals surface area contributed by atoms with Gasteiger partial charge >= 0.3 is 0 Å². The van der Waals surface area contributed by atoms with Gasteiger partial charge in [0.2, 0.25) is 0 Å². The summed E-state index contributed by atoms with van der Waals surface area (Å²) in [7, 11) is 0. The smallest absolute Gasteiger partial charge is 0.119 e. The highest BCUT2D eigenvalue weighted by atomic mass is 16.5. The topological polar surface area (TPSA) is 30.5 Å². The average Bonchev–Trinajstić information content (AvgIpc) is 2.36. The molecule has 19 heavy (non-hydrogen) atoms. The molecule has 3 heteroatoms. The number of benzene rings is 1. The minimum absolute atomic E-state index is 0.114. The fourth-order valence-corrected chi connectivity index (χ4v) is 1.61. The van der Waals surface area contributed by atoms with Gasteiger partial charge in [0.15, 0.2) is 0 Å². The number of hydrogen-bond donors (Lipinski definition) is 1. The number of ether oxygens (including phenoxy) is 2. The van der Waals surface area contributed by atoms with E-state index in [0.29, 0.717) is 19.3 Å². The van der Waals surface area contributed by atoms with E-state index in [2.05, 4.69) is 33.0 Å². The largest absolute Gasteiger partial charge is 0.494 e. The van der Waals surface area contributed by atoms with Crippen LogP contribution in [0.25, 0.3) is 0 Å². The van der Waals surface area contributed by atoms with E-state index in [1.54, 1.807) is 0 Å². The molecule has 0 aliphatic carbocycles. The molecule has 0 radical (unpaired) electrons. The summed E-state index contributed by atoms with van der Waals surface area (Å²) >= 11 is 0. The number of rotatable bonds is 8. The molecule has 0 spiro atoms. The molecule has 0 unspecified atom stereocenters. The van der Waals surface area contributed by atoms with Gasteiger partial charge in [0.1, 0.15) is 11.5 Å². The minimum Gasteiger partial charge on any atom is -0.494 e. The van der Waals surface area contributed by atoms with E-state index in [1.165, 1.54) is 0 Å². The van der Waals surface area contributed by atoms with Gasteiger partial charge in [-0.25, -0.2) is 0 Å². The van der Waals surface area contributed by atoms with Crippen LogP contribution in [-0.4, -0.2) is 25.8 Å². The van der Waals surface area contributed by atoms with Gasteiger partial charge in [0, 0.05) is 18.0 Å². The maximum Gasteiger partial charge on any atom is 0.119 e. The van der Waals surface area contributed by atoms with Gasteiger partial charge in [-0.1, -0.05) is 27.7 Å². The highest BCUT2D eigenvalue weighted by Crippen LogP contribution is 2.21. The molecule has 1 rings (SSSR count). The van der Waals surface area contributed by atoms with E-state index in [4.69, 9.17) is 9.47 Å². The first kappa shape index (κ1) is 15.8. The quantitative estimate of drug-likeness (QED) is 0.780. The van der Waals surface area contributed by atoms with E-state index in [0.717, 1.165) is 18.0 Å². The summed E-state index contributed by atoms with van der Waals surface area (Å²) in [5.41, 5.74) is 0.114. The molecule has 1 aromatic carbocycles. The summed E-state index contributed by atoms with van der Waals surface area (Å²) in [5.74, 6) is 1.77. The molecule has 0 amide bonds. The van der Waals surface area contributed by atoms with Gasteiger partial charge in [-0.05, 0) is 31.2 Å². The van der Waals surface area contributed by atoms with Crippen molar-refractivity contribution in [3.05, 3.63) is 24.3 Å². The lowest BCUT2D eigenvalue weighted by atomic mass is 9.94. The Labute approximate surface area is 117 Å². The predicted molar refractivity (Wildman–Crippen MR) is 80.0 cm³/mol. The van der Waals surface area contributed by atoms with Gasteiger partial charge in [-0.2, -0.15) is 0 Å². The maximum absolute atomic E-state index is 5.84. The molecular formula is C16H27NO2. The van der Waals surface area contributed by atoms with Crippen molar-refractivity contribution in [1.82, 2.24) is 5.32 Å². The summed E-state index contributed by atoms with van der Waals surface area (Å²) in [5, 5.41) is 3.45. The SMILES string of the molecule is CCOc1ccc(OCC(C)(C)CNC(C)C)cc1. The lowest BCUT2D eigenvalue weighted by Crippen LogP contribution is -2.37. The molecule has 0 atom stereocenters. The first-order chi connectivity index (χ1) is 8.93. The Balaban J connectivity index is 2.42. The van der Waals surface area contributed by atoms with Gasteiger partial charge in [-0.3, -0.25) is 0 Å². The summed E-state index contributed by atoms with van der Waals surface area (Å²) in [4.78, 5) is 0. The monoisotopic (exact) mass is 265 g/mol. The maximum atomic E-state index is 5.84. The highest BCUT2D eigenvalue weighted by molar-refractivity contribution is 5.31. The molecule has 1 N–H and O–H groups in total. The third-order valence-electron chi connectivity index (χ3n) is 2.75. The van der Waals surface area contributed by atoms with E-state index < -0.39 is 0 Å². The minimum atomic E-state index is 0.114. The summed E-state index contributed by atoms with van der Waals surface area (Å²) in [6.07, 6.45) is 0. The average molecular weight is 265 g/mol. The zero-order valence-electron chi connectivity index (χ0n) is 12.8. The van der Waals surface area contributed by atoms with Gasteiger partial charge < -0.3 is 14.8 Å². The van der Waals surface area contributed by atoms with Crippen molar-refractivity contribution >= 4 is 0 Å². The van der Waals surface area contributed by atoms with E-state index in [-0.39, 0.29) is 5.41 Å². The van der Waals surface area contributed by atoms with Crippen LogP contribution in [0.3, 0.4) is 0 Å². The molecule has 108 valence electrons. The van der Waals surface area contributed by atoms with Crippen LogP contribution in [0.15, 0.2) is 24.3 Å². The molecule has 1 aromatic rings. The van der Waals surface area contributed by atoms with Crippen LogP contribution in [0, 0.1) is 5.41 Å². The van der Waals surface area contributed by atoms with Crippen molar-refractivity contribution in [2.45, 2.75) is 40.7 Å². The molecule has 0 bridgehead atoms. The third-order valence-corrected chi connectivity index (χ3v) is 2.75. The second-order valence-corrected chi connectivity index (χ2v) is 5.89. The van der Waals surface area contributed by atoms with Crippen molar-refractivity contribution in [1.29, 1.82) is 0 Å². The van der Waals surface area contributed by atoms with Crippen LogP contribution in [0.4, 0.5) is 0 Å². The van der Waals surface area contributed by atoms with Crippen LogP contribution in [0.2, 0.25) is 0 Å². The summed E-state index contributed by atoms with van der Waals surface area (Å²) in [6.45, 7) is 13.0. The Morgan fingerprint density at radius 2 is 1.58 bits per heavy atom. The Kier molecular flexibility index (Phi) is 6.16. The molecule has 0 aromatic heterocycles. The van der Waals surface area contributed by atoms with Crippen LogP contribution in [0.5, 0.6) is 11.5 Å². The van der Waals surface area contributed by atoms with Crippen LogP contribution in [0.1, 0.15) is 34.6 Å². The Bertz CT molecular complexity index is 358. The second-order valence-electron chi connectivity index (χ2n) is 5.89. The van der Waals surface area contributed by atoms with Crippen molar-refractivity contribution in [3.63, 3.8) is 0 Å². The number of hydrogen-bond acceptors (Lipinski definition) is 3. The predicted octanol–water partition coefficient (Wildman–Crippen LogP) is 3.49. The van der Waals surface area contributed by atoms with Crippen molar-refractivity contribution in [2.24, 2.45) is 5.41 Å². The summed E-state index contributed by atoms with van der Waals surface area (Å²) < 4.78 is 11.2. The molecule has 0 fully saturated rings. The van der Waals surface area contributed by atoms with Crippen molar-refractivity contribution < 1.29 is 9.47 Å². The first-order valence-electron chi connectivity index (χ1n) is 7.02. The third kappa shape index (κ3) is 6.48. The normalized spacial score (nSPS) is 11.7. The molecule has 0 heterocycles. The molecule has 0 saturated heterocycles. The van der Waals surface area contributed by atoms with Gasteiger partial charge in [0.25, 0.3) is 0 Å². The van der Waals surface area contributed by atoms with Crippen LogP contribution in [-0.2, 0) is 0 Å². The van der Waals surface area contributed by atoms with Crippen molar-refractivity contribution in [2.75, 3.05) is 19.8 Å². The molecule has 0 aliphatic heterocycles. The van der Waals surface area contributed by atoms with E-state index in [9.17, 15) is 0 Å². The Hall–Kier alpha value is -1.22. The molecular weight excluding hydrogens is 238 g/mol. The van der Waals surface area contributed by atoms with Crippen LogP contribution < -0.4 is 14.8 Å². The molecule has 0 saturated carbocycles. The number of nitrogens with one attached hydrogen (secondary N) is 1. The van der Waals surface area contributed by atoms with Gasteiger partial charge in [0.05, 0.1) is 13.2 Å². The lowest BCUT2D eigenvalue weighted by Gasteiger charge is -2.26. The Morgan fingerprint density at radius 1 is 1.05 bits per heavy atom. The standard InChI is InChI=1S/C16H27NO2/c1-6-18-14-7-9-15(10-8-14)19-12-16(4,5)11-17-13(2)3/h7-10,13,17H,6,11-12H2,1-5H3. The van der Waals surface area contributed by atoms with Crippen LogP contribution >= 0.6 is 0 Å². The Morgan fingerprint density at radius 3 is 2.05 bits per heavy atom.